The van der Waals surface area contributed by atoms with Crippen LogP contribution in [0.25, 0.3) is 21.8 Å². The number of benzene rings is 2. The Hall–Kier alpha value is -4.42. The molecule has 0 bridgehead atoms. The van der Waals surface area contributed by atoms with Crippen molar-refractivity contribution < 1.29 is 9.59 Å². The molecule has 0 aliphatic carbocycles. The lowest BCUT2D eigenvalue weighted by atomic mass is 10.1. The highest BCUT2D eigenvalue weighted by molar-refractivity contribution is 7.15. The SMILES string of the molecule is Cn1cc(CC(=O)Nc2nnc(CCCCc3nnc(NC(=O)Cc4cn(C)c5ccccc45)s3)s2)c2ccccc21. The third-order valence-corrected chi connectivity index (χ3v) is 8.92. The van der Waals surface area contributed by atoms with E-state index in [1.165, 1.54) is 22.7 Å². The molecule has 4 aromatic heterocycles. The lowest BCUT2D eigenvalue weighted by Gasteiger charge is -2.00. The summed E-state index contributed by atoms with van der Waals surface area (Å²) >= 11 is 2.81. The Bertz CT molecular complexity index is 1750. The minimum atomic E-state index is -0.106. The number of amides is 2. The first kappa shape index (κ1) is 27.7. The Labute approximate surface area is 250 Å². The van der Waals surface area contributed by atoms with Crippen LogP contribution in [-0.2, 0) is 49.4 Å². The van der Waals surface area contributed by atoms with Gasteiger partial charge < -0.3 is 19.8 Å². The average molecular weight is 599 g/mol. The number of aromatic nitrogens is 6. The molecule has 2 N–H and O–H groups in total. The molecule has 214 valence electrons. The van der Waals surface area contributed by atoms with Gasteiger partial charge in [0.1, 0.15) is 10.0 Å². The largest absolute Gasteiger partial charge is 0.350 e. The van der Waals surface area contributed by atoms with E-state index in [-0.39, 0.29) is 24.7 Å². The second-order valence-electron chi connectivity index (χ2n) is 10.2. The zero-order chi connectivity index (χ0) is 29.1. The van der Waals surface area contributed by atoms with Crippen molar-refractivity contribution in [2.45, 2.75) is 38.5 Å². The Morgan fingerprint density at radius 3 is 1.55 bits per heavy atom. The predicted octanol–water partition coefficient (Wildman–Crippen LogP) is 5.30. The second-order valence-corrected chi connectivity index (χ2v) is 12.3. The summed E-state index contributed by atoms with van der Waals surface area (Å²) in [6.07, 6.45) is 7.90. The fourth-order valence-corrected chi connectivity index (χ4v) is 6.76. The lowest BCUT2D eigenvalue weighted by Crippen LogP contribution is -2.14. The number of nitrogens with one attached hydrogen (secondary N) is 2. The summed E-state index contributed by atoms with van der Waals surface area (Å²) in [5.74, 6) is -0.212. The zero-order valence-corrected chi connectivity index (χ0v) is 25.0. The number of anilines is 2. The molecule has 12 heteroatoms. The number of para-hydroxylation sites is 2. The molecule has 0 unspecified atom stereocenters. The van der Waals surface area contributed by atoms with E-state index < -0.39 is 0 Å². The molecule has 4 heterocycles. The molecule has 0 spiro atoms. The molecule has 0 radical (unpaired) electrons. The van der Waals surface area contributed by atoms with Gasteiger partial charge in [0.25, 0.3) is 0 Å². The van der Waals surface area contributed by atoms with E-state index in [0.29, 0.717) is 10.3 Å². The maximum absolute atomic E-state index is 12.7. The highest BCUT2D eigenvalue weighted by atomic mass is 32.1. The number of aryl methyl sites for hydroxylation is 4. The van der Waals surface area contributed by atoms with E-state index in [0.717, 1.165) is 68.6 Å². The second kappa shape index (κ2) is 12.2. The van der Waals surface area contributed by atoms with Crippen molar-refractivity contribution >= 4 is 66.6 Å². The van der Waals surface area contributed by atoms with E-state index in [4.69, 9.17) is 0 Å². The van der Waals surface area contributed by atoms with Crippen LogP contribution in [-0.4, -0.2) is 41.3 Å². The van der Waals surface area contributed by atoms with E-state index in [2.05, 4.69) is 31.0 Å². The fraction of sp³-hybridized carbons (Fsp3) is 0.267. The van der Waals surface area contributed by atoms with Crippen LogP contribution >= 0.6 is 22.7 Å². The third-order valence-electron chi connectivity index (χ3n) is 7.12. The number of fused-ring (bicyclic) bond motifs is 2. The van der Waals surface area contributed by atoms with Gasteiger partial charge in [-0.3, -0.25) is 9.59 Å². The lowest BCUT2D eigenvalue weighted by molar-refractivity contribution is -0.116. The molecular weight excluding hydrogens is 569 g/mol. The number of hydrogen-bond acceptors (Lipinski definition) is 8. The van der Waals surface area contributed by atoms with Gasteiger partial charge in [-0.1, -0.05) is 59.1 Å². The monoisotopic (exact) mass is 598 g/mol. The number of nitrogens with zero attached hydrogens (tertiary/aromatic N) is 6. The molecular formula is C30H30N8O2S2. The molecule has 0 aliphatic rings. The molecule has 0 saturated heterocycles. The first-order valence-corrected chi connectivity index (χ1v) is 15.4. The van der Waals surface area contributed by atoms with E-state index in [1.54, 1.807) is 0 Å². The molecule has 6 rings (SSSR count). The van der Waals surface area contributed by atoms with Gasteiger partial charge in [-0.25, -0.2) is 0 Å². The smallest absolute Gasteiger partial charge is 0.230 e. The minimum Gasteiger partial charge on any atom is -0.350 e. The zero-order valence-electron chi connectivity index (χ0n) is 23.3. The summed E-state index contributed by atoms with van der Waals surface area (Å²) in [5.41, 5.74) is 4.17. The van der Waals surface area contributed by atoms with Gasteiger partial charge in [-0.2, -0.15) is 0 Å². The van der Waals surface area contributed by atoms with Crippen LogP contribution in [0.2, 0.25) is 0 Å². The summed E-state index contributed by atoms with van der Waals surface area (Å²) in [5, 5.41) is 27.5. The number of unbranched alkanes of at least 4 members (excludes halogenated alkanes) is 1. The van der Waals surface area contributed by atoms with Crippen LogP contribution in [0.4, 0.5) is 10.3 Å². The van der Waals surface area contributed by atoms with Gasteiger partial charge in [0.05, 0.1) is 12.8 Å². The molecule has 0 saturated carbocycles. The van der Waals surface area contributed by atoms with Crippen molar-refractivity contribution in [1.82, 2.24) is 29.5 Å². The molecule has 6 aromatic rings. The summed E-state index contributed by atoms with van der Waals surface area (Å²) < 4.78 is 4.07. The Kier molecular flexibility index (Phi) is 8.06. The predicted molar refractivity (Wildman–Crippen MR) is 167 cm³/mol. The molecule has 2 aromatic carbocycles. The highest BCUT2D eigenvalue weighted by Gasteiger charge is 2.15. The van der Waals surface area contributed by atoms with Crippen LogP contribution in [0.3, 0.4) is 0 Å². The van der Waals surface area contributed by atoms with Crippen LogP contribution in [0.5, 0.6) is 0 Å². The van der Waals surface area contributed by atoms with Crippen LogP contribution in [0.1, 0.15) is 34.0 Å². The molecule has 0 aliphatic heterocycles. The Morgan fingerprint density at radius 1 is 0.667 bits per heavy atom. The highest BCUT2D eigenvalue weighted by Crippen LogP contribution is 2.24. The van der Waals surface area contributed by atoms with Gasteiger partial charge in [0, 0.05) is 61.1 Å². The normalized spacial score (nSPS) is 11.4. The summed E-state index contributed by atoms with van der Waals surface area (Å²) in [6.45, 7) is 0. The number of carbonyl (C=O) groups is 2. The van der Waals surface area contributed by atoms with Crippen molar-refractivity contribution in [2.75, 3.05) is 10.6 Å². The standard InChI is InChI=1S/C30H30N8O2S2/c1-37-17-19(21-9-3-5-11-23(21)37)15-25(39)31-29-35-33-27(41-29)13-7-8-14-28-34-36-30(42-28)32-26(40)16-20-18-38(2)24-12-6-4-10-22(20)24/h3-6,9-12,17-18H,7-8,13-16H2,1-2H3,(H,31,35,39)(H,32,36,40). The summed E-state index contributed by atoms with van der Waals surface area (Å²) in [4.78, 5) is 25.3. The topological polar surface area (TPSA) is 120 Å². The maximum Gasteiger partial charge on any atom is 0.230 e. The Morgan fingerprint density at radius 2 is 1.10 bits per heavy atom. The number of hydrogen-bond donors (Lipinski definition) is 2. The van der Waals surface area contributed by atoms with Crippen molar-refractivity contribution in [3.05, 3.63) is 82.1 Å². The summed E-state index contributed by atoms with van der Waals surface area (Å²) in [7, 11) is 3.97. The third kappa shape index (κ3) is 6.24. The van der Waals surface area contributed by atoms with Crippen molar-refractivity contribution in [1.29, 1.82) is 0 Å². The van der Waals surface area contributed by atoms with Gasteiger partial charge in [0.2, 0.25) is 22.1 Å². The molecule has 10 nitrogen and oxygen atoms in total. The van der Waals surface area contributed by atoms with Crippen molar-refractivity contribution in [3.8, 4) is 0 Å². The number of carbonyl (C=O) groups excluding carboxylic acids is 2. The molecule has 42 heavy (non-hydrogen) atoms. The maximum atomic E-state index is 12.7. The average Bonchev–Trinajstić information content (AvgIpc) is 3.75. The van der Waals surface area contributed by atoms with Crippen LogP contribution < -0.4 is 10.6 Å². The van der Waals surface area contributed by atoms with Crippen LogP contribution in [0, 0.1) is 0 Å². The molecule has 0 atom stereocenters. The van der Waals surface area contributed by atoms with Crippen molar-refractivity contribution in [2.24, 2.45) is 14.1 Å². The Balaban J connectivity index is 0.935. The van der Waals surface area contributed by atoms with Crippen molar-refractivity contribution in [3.63, 3.8) is 0 Å². The van der Waals surface area contributed by atoms with E-state index in [1.807, 2.05) is 84.2 Å². The number of rotatable bonds is 11. The van der Waals surface area contributed by atoms with Gasteiger partial charge >= 0.3 is 0 Å². The molecule has 2 amide bonds. The van der Waals surface area contributed by atoms with E-state index in [9.17, 15) is 9.59 Å². The van der Waals surface area contributed by atoms with Gasteiger partial charge in [0.15, 0.2) is 0 Å². The first-order valence-electron chi connectivity index (χ1n) is 13.7. The van der Waals surface area contributed by atoms with E-state index >= 15 is 0 Å². The van der Waals surface area contributed by atoms with Crippen LogP contribution in [0.15, 0.2) is 60.9 Å². The first-order chi connectivity index (χ1) is 20.4. The quantitative estimate of drug-likeness (QED) is 0.195. The summed E-state index contributed by atoms with van der Waals surface area (Å²) in [6, 6.07) is 16.1. The van der Waals surface area contributed by atoms with Gasteiger partial charge in [-0.05, 0) is 36.1 Å². The molecule has 0 fully saturated rings. The fourth-order valence-electron chi connectivity index (χ4n) is 5.17. The minimum absolute atomic E-state index is 0.106. The van der Waals surface area contributed by atoms with Gasteiger partial charge in [-0.15, -0.1) is 20.4 Å².